The van der Waals surface area contributed by atoms with E-state index in [4.69, 9.17) is 23.2 Å². The molecule has 0 fully saturated rings. The lowest BCUT2D eigenvalue weighted by molar-refractivity contribution is 0.102. The van der Waals surface area contributed by atoms with Gasteiger partial charge in [0.05, 0.1) is 21.7 Å². The number of halogens is 2. The van der Waals surface area contributed by atoms with Crippen molar-refractivity contribution in [3.05, 3.63) is 98.6 Å². The van der Waals surface area contributed by atoms with Gasteiger partial charge in [-0.05, 0) is 42.8 Å². The molecular formula is C24H18Cl2N2O2. The summed E-state index contributed by atoms with van der Waals surface area (Å²) in [5.41, 5.74) is 2.06. The van der Waals surface area contributed by atoms with Crippen molar-refractivity contribution >= 4 is 45.8 Å². The van der Waals surface area contributed by atoms with Gasteiger partial charge in [0.15, 0.2) is 5.43 Å². The first-order chi connectivity index (χ1) is 14.5. The van der Waals surface area contributed by atoms with E-state index < -0.39 is 5.91 Å². The van der Waals surface area contributed by atoms with Crippen LogP contribution in [0.15, 0.2) is 77.6 Å². The van der Waals surface area contributed by atoms with Crippen LogP contribution in [0.1, 0.15) is 17.3 Å². The van der Waals surface area contributed by atoms with Crippen molar-refractivity contribution in [3.8, 4) is 11.1 Å². The van der Waals surface area contributed by atoms with Gasteiger partial charge in [0, 0.05) is 17.0 Å². The van der Waals surface area contributed by atoms with Crippen molar-refractivity contribution in [1.82, 2.24) is 4.57 Å². The van der Waals surface area contributed by atoms with Gasteiger partial charge in [0.2, 0.25) is 0 Å². The van der Waals surface area contributed by atoms with Gasteiger partial charge in [-0.25, -0.2) is 0 Å². The Kier molecular flexibility index (Phi) is 5.62. The molecule has 0 radical (unpaired) electrons. The van der Waals surface area contributed by atoms with Crippen molar-refractivity contribution in [2.24, 2.45) is 0 Å². The second-order valence-electron chi connectivity index (χ2n) is 6.76. The molecule has 3 aromatic carbocycles. The fourth-order valence-electron chi connectivity index (χ4n) is 3.58. The molecule has 0 saturated carbocycles. The number of pyridine rings is 1. The molecule has 6 heteroatoms. The third-order valence-corrected chi connectivity index (χ3v) is 5.51. The number of fused-ring (bicyclic) bond motifs is 1. The van der Waals surface area contributed by atoms with Gasteiger partial charge in [-0.15, -0.1) is 0 Å². The van der Waals surface area contributed by atoms with E-state index >= 15 is 0 Å². The Morgan fingerprint density at radius 3 is 2.37 bits per heavy atom. The van der Waals surface area contributed by atoms with E-state index in [1.54, 1.807) is 18.2 Å². The number of amides is 1. The van der Waals surface area contributed by atoms with E-state index in [9.17, 15) is 9.59 Å². The Morgan fingerprint density at radius 2 is 1.67 bits per heavy atom. The number of rotatable bonds is 4. The molecule has 1 heterocycles. The standard InChI is InChI=1S/C24H18Cl2N2O2/c1-2-28-20-11-7-6-10-18(20)22(29)21(15-8-4-3-5-9-15)23(28)27-24(30)17-13-12-16(25)14-19(17)26/h3-14H,2H2,1H3,(H,27,30). The second-order valence-corrected chi connectivity index (χ2v) is 7.60. The van der Waals surface area contributed by atoms with Gasteiger partial charge >= 0.3 is 0 Å². The number of nitrogens with zero attached hydrogens (tertiary/aromatic N) is 1. The van der Waals surface area contributed by atoms with Gasteiger partial charge in [0.25, 0.3) is 5.91 Å². The number of carbonyl (C=O) groups is 1. The number of para-hydroxylation sites is 1. The van der Waals surface area contributed by atoms with Crippen molar-refractivity contribution in [2.75, 3.05) is 5.32 Å². The second kappa shape index (κ2) is 8.34. The van der Waals surface area contributed by atoms with E-state index in [1.807, 2.05) is 60.0 Å². The summed E-state index contributed by atoms with van der Waals surface area (Å²) in [5.74, 6) is 0.0224. The number of aryl methyl sites for hydroxylation is 1. The smallest absolute Gasteiger partial charge is 0.258 e. The van der Waals surface area contributed by atoms with Crippen molar-refractivity contribution in [2.45, 2.75) is 13.5 Å². The quantitative estimate of drug-likeness (QED) is 0.411. The largest absolute Gasteiger partial charge is 0.327 e. The Morgan fingerprint density at radius 1 is 0.967 bits per heavy atom. The predicted octanol–water partition coefficient (Wildman–Crippen LogP) is 6.25. The van der Waals surface area contributed by atoms with Crippen molar-refractivity contribution < 1.29 is 4.79 Å². The van der Waals surface area contributed by atoms with Crippen LogP contribution in [0, 0.1) is 0 Å². The predicted molar refractivity (Wildman–Crippen MR) is 124 cm³/mol. The molecule has 0 aliphatic carbocycles. The molecule has 0 bridgehead atoms. The van der Waals surface area contributed by atoms with Crippen LogP contribution in [-0.2, 0) is 6.54 Å². The maximum absolute atomic E-state index is 13.4. The molecule has 0 aliphatic heterocycles. The van der Waals surface area contributed by atoms with Crippen LogP contribution in [0.3, 0.4) is 0 Å². The van der Waals surface area contributed by atoms with Gasteiger partial charge in [-0.1, -0.05) is 65.7 Å². The molecule has 4 nitrogen and oxygen atoms in total. The number of nitrogens with one attached hydrogen (secondary N) is 1. The highest BCUT2D eigenvalue weighted by molar-refractivity contribution is 6.37. The molecule has 0 saturated heterocycles. The summed E-state index contributed by atoms with van der Waals surface area (Å²) in [7, 11) is 0. The summed E-state index contributed by atoms with van der Waals surface area (Å²) in [4.78, 5) is 26.5. The fraction of sp³-hybridized carbons (Fsp3) is 0.0833. The number of hydrogen-bond donors (Lipinski definition) is 1. The Labute approximate surface area is 183 Å². The molecule has 0 aliphatic rings. The summed E-state index contributed by atoms with van der Waals surface area (Å²) in [6, 6.07) is 21.4. The molecule has 4 rings (SSSR count). The molecule has 1 amide bonds. The minimum absolute atomic E-state index is 0.140. The Hall–Kier alpha value is -3.08. The van der Waals surface area contributed by atoms with Crippen LogP contribution in [0.5, 0.6) is 0 Å². The van der Waals surface area contributed by atoms with Gasteiger partial charge < -0.3 is 9.88 Å². The number of hydrogen-bond acceptors (Lipinski definition) is 2. The molecule has 4 aromatic rings. The third kappa shape index (κ3) is 3.60. The lowest BCUT2D eigenvalue weighted by atomic mass is 10.0. The SMILES string of the molecule is CCn1c(NC(=O)c2ccc(Cl)cc2Cl)c(-c2ccccc2)c(=O)c2ccccc21. The van der Waals surface area contributed by atoms with Crippen LogP contribution >= 0.6 is 23.2 Å². The first-order valence-corrected chi connectivity index (χ1v) is 10.2. The topological polar surface area (TPSA) is 51.1 Å². The summed E-state index contributed by atoms with van der Waals surface area (Å²) in [5, 5.41) is 4.22. The van der Waals surface area contributed by atoms with E-state index in [2.05, 4.69) is 5.32 Å². The molecule has 0 atom stereocenters. The maximum atomic E-state index is 13.4. The summed E-state index contributed by atoms with van der Waals surface area (Å²) < 4.78 is 1.93. The molecular weight excluding hydrogens is 419 g/mol. The van der Waals surface area contributed by atoms with Crippen LogP contribution in [0.25, 0.3) is 22.0 Å². The van der Waals surface area contributed by atoms with E-state index in [0.29, 0.717) is 28.3 Å². The minimum atomic E-state index is -0.411. The van der Waals surface area contributed by atoms with Gasteiger partial charge in [0.1, 0.15) is 5.82 Å². The van der Waals surface area contributed by atoms with E-state index in [1.165, 1.54) is 6.07 Å². The molecule has 0 spiro atoms. The van der Waals surface area contributed by atoms with Gasteiger partial charge in [-0.2, -0.15) is 0 Å². The van der Waals surface area contributed by atoms with E-state index in [0.717, 1.165) is 11.1 Å². The van der Waals surface area contributed by atoms with Crippen LogP contribution in [0.2, 0.25) is 10.0 Å². The number of aromatic nitrogens is 1. The molecule has 30 heavy (non-hydrogen) atoms. The highest BCUT2D eigenvalue weighted by Crippen LogP contribution is 2.30. The van der Waals surface area contributed by atoms with Crippen LogP contribution in [-0.4, -0.2) is 10.5 Å². The third-order valence-electron chi connectivity index (χ3n) is 4.96. The van der Waals surface area contributed by atoms with Gasteiger partial charge in [-0.3, -0.25) is 9.59 Å². The van der Waals surface area contributed by atoms with Crippen LogP contribution < -0.4 is 10.7 Å². The Balaban J connectivity index is 1.97. The lowest BCUT2D eigenvalue weighted by Crippen LogP contribution is -2.22. The number of anilines is 1. The highest BCUT2D eigenvalue weighted by atomic mass is 35.5. The zero-order valence-electron chi connectivity index (χ0n) is 16.2. The average Bonchev–Trinajstić information content (AvgIpc) is 2.75. The zero-order chi connectivity index (χ0) is 21.3. The summed E-state index contributed by atoms with van der Waals surface area (Å²) in [6.45, 7) is 2.53. The molecule has 1 aromatic heterocycles. The summed E-state index contributed by atoms with van der Waals surface area (Å²) >= 11 is 12.2. The van der Waals surface area contributed by atoms with Crippen molar-refractivity contribution in [1.29, 1.82) is 0 Å². The monoisotopic (exact) mass is 436 g/mol. The fourth-order valence-corrected chi connectivity index (χ4v) is 4.07. The maximum Gasteiger partial charge on any atom is 0.258 e. The normalized spacial score (nSPS) is 10.9. The zero-order valence-corrected chi connectivity index (χ0v) is 17.7. The minimum Gasteiger partial charge on any atom is -0.327 e. The Bertz CT molecular complexity index is 1310. The van der Waals surface area contributed by atoms with E-state index in [-0.39, 0.29) is 16.0 Å². The number of carbonyl (C=O) groups excluding carboxylic acids is 1. The number of benzene rings is 3. The highest BCUT2D eigenvalue weighted by Gasteiger charge is 2.21. The first kappa shape index (κ1) is 20.2. The van der Waals surface area contributed by atoms with Crippen molar-refractivity contribution in [3.63, 3.8) is 0 Å². The first-order valence-electron chi connectivity index (χ1n) is 9.48. The molecule has 0 unspecified atom stereocenters. The lowest BCUT2D eigenvalue weighted by Gasteiger charge is -2.20. The molecule has 150 valence electrons. The van der Waals surface area contributed by atoms with Crippen LogP contribution in [0.4, 0.5) is 5.82 Å². The molecule has 1 N–H and O–H groups in total. The summed E-state index contributed by atoms with van der Waals surface area (Å²) in [6.07, 6.45) is 0. The average molecular weight is 437 g/mol.